The highest BCUT2D eigenvalue weighted by atomic mass is 32.2. The van der Waals surface area contributed by atoms with Crippen molar-refractivity contribution in [3.8, 4) is 0 Å². The SMILES string of the molecule is CCSCCC(CN)N(C)Cc1ccc(F)cc1. The second-order valence-electron chi connectivity index (χ2n) is 4.42. The maximum Gasteiger partial charge on any atom is 0.123 e. The lowest BCUT2D eigenvalue weighted by Crippen LogP contribution is -2.37. The Morgan fingerprint density at radius 1 is 1.33 bits per heavy atom. The first kappa shape index (κ1) is 15.5. The summed E-state index contributed by atoms with van der Waals surface area (Å²) in [6.45, 7) is 3.66. The summed E-state index contributed by atoms with van der Waals surface area (Å²) in [4.78, 5) is 2.25. The molecule has 0 aliphatic rings. The Morgan fingerprint density at radius 3 is 2.56 bits per heavy atom. The first-order valence-corrected chi connectivity index (χ1v) is 7.55. The smallest absolute Gasteiger partial charge is 0.123 e. The van der Waals surface area contributed by atoms with E-state index in [0.717, 1.165) is 30.0 Å². The van der Waals surface area contributed by atoms with Gasteiger partial charge in [0.1, 0.15) is 5.82 Å². The van der Waals surface area contributed by atoms with Gasteiger partial charge in [-0.1, -0.05) is 19.1 Å². The number of halogens is 1. The third-order valence-electron chi connectivity index (χ3n) is 3.04. The van der Waals surface area contributed by atoms with Gasteiger partial charge in [-0.25, -0.2) is 4.39 Å². The lowest BCUT2D eigenvalue weighted by atomic mass is 10.1. The summed E-state index contributed by atoms with van der Waals surface area (Å²) < 4.78 is 12.8. The van der Waals surface area contributed by atoms with Crippen LogP contribution in [0.3, 0.4) is 0 Å². The molecular formula is C14H23FN2S. The van der Waals surface area contributed by atoms with E-state index in [1.807, 2.05) is 23.9 Å². The molecular weight excluding hydrogens is 247 g/mol. The van der Waals surface area contributed by atoms with Crippen LogP contribution in [0.25, 0.3) is 0 Å². The molecule has 0 aliphatic heterocycles. The van der Waals surface area contributed by atoms with E-state index in [-0.39, 0.29) is 5.82 Å². The lowest BCUT2D eigenvalue weighted by molar-refractivity contribution is 0.234. The van der Waals surface area contributed by atoms with E-state index in [0.29, 0.717) is 12.6 Å². The van der Waals surface area contributed by atoms with E-state index in [9.17, 15) is 4.39 Å². The molecule has 1 unspecified atom stereocenters. The molecule has 0 bridgehead atoms. The molecule has 102 valence electrons. The number of rotatable bonds is 8. The van der Waals surface area contributed by atoms with Crippen LogP contribution in [0.5, 0.6) is 0 Å². The van der Waals surface area contributed by atoms with Crippen molar-refractivity contribution in [2.75, 3.05) is 25.1 Å². The Kier molecular flexibility index (Phi) is 7.32. The second-order valence-corrected chi connectivity index (χ2v) is 5.81. The zero-order chi connectivity index (χ0) is 13.4. The lowest BCUT2D eigenvalue weighted by Gasteiger charge is -2.27. The maximum absolute atomic E-state index is 12.8. The van der Waals surface area contributed by atoms with E-state index < -0.39 is 0 Å². The topological polar surface area (TPSA) is 29.3 Å². The molecule has 4 heteroatoms. The van der Waals surface area contributed by atoms with Gasteiger partial charge in [0.15, 0.2) is 0 Å². The summed E-state index contributed by atoms with van der Waals surface area (Å²) in [5.41, 5.74) is 6.95. The molecule has 1 aromatic carbocycles. The summed E-state index contributed by atoms with van der Waals surface area (Å²) in [6, 6.07) is 7.08. The van der Waals surface area contributed by atoms with Crippen molar-refractivity contribution < 1.29 is 4.39 Å². The minimum Gasteiger partial charge on any atom is -0.329 e. The normalized spacial score (nSPS) is 12.9. The van der Waals surface area contributed by atoms with Crippen LogP contribution < -0.4 is 5.73 Å². The molecule has 0 fully saturated rings. The molecule has 0 amide bonds. The van der Waals surface area contributed by atoms with Gasteiger partial charge in [0, 0.05) is 19.1 Å². The molecule has 0 aliphatic carbocycles. The second kappa shape index (κ2) is 8.51. The highest BCUT2D eigenvalue weighted by molar-refractivity contribution is 7.99. The van der Waals surface area contributed by atoms with Crippen LogP contribution in [0.2, 0.25) is 0 Å². The predicted octanol–water partition coefficient (Wildman–Crippen LogP) is 2.73. The fourth-order valence-corrected chi connectivity index (χ4v) is 2.62. The summed E-state index contributed by atoms with van der Waals surface area (Å²) >= 11 is 1.95. The predicted molar refractivity (Wildman–Crippen MR) is 78.3 cm³/mol. The average Bonchev–Trinajstić information content (AvgIpc) is 2.37. The van der Waals surface area contributed by atoms with Gasteiger partial charge < -0.3 is 5.73 Å². The van der Waals surface area contributed by atoms with Crippen LogP contribution in [0.15, 0.2) is 24.3 Å². The van der Waals surface area contributed by atoms with Crippen molar-refractivity contribution in [1.29, 1.82) is 0 Å². The standard InChI is InChI=1S/C14H23FN2S/c1-3-18-9-8-14(10-16)17(2)11-12-4-6-13(15)7-5-12/h4-7,14H,3,8-11,16H2,1-2H3. The molecule has 0 radical (unpaired) electrons. The van der Waals surface area contributed by atoms with Gasteiger partial charge in [-0.05, 0) is 42.7 Å². The van der Waals surface area contributed by atoms with E-state index >= 15 is 0 Å². The van der Waals surface area contributed by atoms with Gasteiger partial charge in [0.25, 0.3) is 0 Å². The highest BCUT2D eigenvalue weighted by Gasteiger charge is 2.12. The van der Waals surface area contributed by atoms with Crippen molar-refractivity contribution in [1.82, 2.24) is 4.90 Å². The first-order chi connectivity index (χ1) is 8.67. The monoisotopic (exact) mass is 270 g/mol. The molecule has 0 aromatic heterocycles. The molecule has 0 spiro atoms. The van der Waals surface area contributed by atoms with Crippen LogP contribution in [0.1, 0.15) is 18.9 Å². The van der Waals surface area contributed by atoms with Gasteiger partial charge >= 0.3 is 0 Å². The van der Waals surface area contributed by atoms with Gasteiger partial charge in [-0.2, -0.15) is 11.8 Å². The molecule has 0 saturated heterocycles. The van der Waals surface area contributed by atoms with Crippen molar-refractivity contribution in [2.45, 2.75) is 25.9 Å². The first-order valence-electron chi connectivity index (χ1n) is 6.39. The Bertz CT molecular complexity index is 329. The number of hydrogen-bond acceptors (Lipinski definition) is 3. The molecule has 1 atom stereocenters. The minimum absolute atomic E-state index is 0.184. The Hall–Kier alpha value is -0.580. The van der Waals surface area contributed by atoms with Gasteiger partial charge in [0.05, 0.1) is 0 Å². The largest absolute Gasteiger partial charge is 0.329 e. The fourth-order valence-electron chi connectivity index (χ4n) is 1.89. The average molecular weight is 270 g/mol. The Morgan fingerprint density at radius 2 is 2.00 bits per heavy atom. The third kappa shape index (κ3) is 5.38. The highest BCUT2D eigenvalue weighted by Crippen LogP contribution is 2.12. The zero-order valence-corrected chi connectivity index (χ0v) is 12.0. The fraction of sp³-hybridized carbons (Fsp3) is 0.571. The van der Waals surface area contributed by atoms with E-state index in [2.05, 4.69) is 18.9 Å². The van der Waals surface area contributed by atoms with E-state index in [1.54, 1.807) is 0 Å². The Labute approximate surface area is 114 Å². The van der Waals surface area contributed by atoms with E-state index in [4.69, 9.17) is 5.73 Å². The molecule has 2 N–H and O–H groups in total. The summed E-state index contributed by atoms with van der Waals surface area (Å²) in [5.74, 6) is 2.11. The number of nitrogens with two attached hydrogens (primary N) is 1. The minimum atomic E-state index is -0.184. The van der Waals surface area contributed by atoms with Crippen molar-refractivity contribution in [3.05, 3.63) is 35.6 Å². The Balaban J connectivity index is 2.45. The van der Waals surface area contributed by atoms with Crippen LogP contribution in [0.4, 0.5) is 4.39 Å². The summed E-state index contributed by atoms with van der Waals surface area (Å²) in [7, 11) is 2.08. The molecule has 2 nitrogen and oxygen atoms in total. The molecule has 0 heterocycles. The maximum atomic E-state index is 12.8. The third-order valence-corrected chi connectivity index (χ3v) is 3.97. The number of likely N-dealkylation sites (N-methyl/N-ethyl adjacent to an activating group) is 1. The van der Waals surface area contributed by atoms with Crippen molar-refractivity contribution >= 4 is 11.8 Å². The molecule has 0 saturated carbocycles. The quantitative estimate of drug-likeness (QED) is 0.737. The van der Waals surface area contributed by atoms with Crippen molar-refractivity contribution in [2.24, 2.45) is 5.73 Å². The number of nitrogens with zero attached hydrogens (tertiary/aromatic N) is 1. The molecule has 1 rings (SSSR count). The van der Waals surface area contributed by atoms with Gasteiger partial charge in [0.2, 0.25) is 0 Å². The number of benzene rings is 1. The van der Waals surface area contributed by atoms with Crippen LogP contribution in [-0.2, 0) is 6.54 Å². The van der Waals surface area contributed by atoms with Crippen LogP contribution in [-0.4, -0.2) is 36.0 Å². The van der Waals surface area contributed by atoms with E-state index in [1.165, 1.54) is 12.1 Å². The van der Waals surface area contributed by atoms with Crippen molar-refractivity contribution in [3.63, 3.8) is 0 Å². The van der Waals surface area contributed by atoms with Crippen LogP contribution in [0, 0.1) is 5.82 Å². The zero-order valence-electron chi connectivity index (χ0n) is 11.2. The number of hydrogen-bond donors (Lipinski definition) is 1. The molecule has 18 heavy (non-hydrogen) atoms. The summed E-state index contributed by atoms with van der Waals surface area (Å²) in [6.07, 6.45) is 1.10. The van der Waals surface area contributed by atoms with Crippen LogP contribution >= 0.6 is 11.8 Å². The van der Waals surface area contributed by atoms with Gasteiger partial charge in [-0.3, -0.25) is 4.90 Å². The molecule has 1 aromatic rings. The number of thioether (sulfide) groups is 1. The van der Waals surface area contributed by atoms with Gasteiger partial charge in [-0.15, -0.1) is 0 Å². The summed E-state index contributed by atoms with van der Waals surface area (Å²) in [5, 5.41) is 0.